The number of hydrogen-bond acceptors (Lipinski definition) is 6. The minimum absolute atomic E-state index is 0.0585. The molecule has 0 atom stereocenters. The monoisotopic (exact) mass is 248 g/mol. The molecule has 1 fully saturated rings. The number of nitrogens with zero attached hydrogens (tertiary/aromatic N) is 4. The van der Waals surface area contributed by atoms with Crippen LogP contribution in [0.3, 0.4) is 0 Å². The molecule has 1 N–H and O–H groups in total. The molecule has 1 aromatic heterocycles. The summed E-state index contributed by atoms with van der Waals surface area (Å²) in [5.74, 6) is 0.653. The molecule has 1 aliphatic heterocycles. The Kier molecular flexibility index (Phi) is 4.45. The summed E-state index contributed by atoms with van der Waals surface area (Å²) in [6.07, 6.45) is 3.47. The topological polar surface area (TPSA) is 82.3 Å². The van der Waals surface area contributed by atoms with Crippen molar-refractivity contribution in [3.05, 3.63) is 17.8 Å². The van der Waals surface area contributed by atoms with Gasteiger partial charge in [0.05, 0.1) is 31.1 Å². The molecule has 2 heterocycles. The number of rotatable bonds is 4. The van der Waals surface area contributed by atoms with Crippen LogP contribution in [0.15, 0.2) is 12.3 Å². The lowest BCUT2D eigenvalue weighted by Gasteiger charge is -2.32. The minimum Gasteiger partial charge on any atom is -0.394 e. The Bertz CT molecular complexity index is 424. The molecule has 96 valence electrons. The van der Waals surface area contributed by atoms with E-state index in [-0.39, 0.29) is 12.7 Å². The van der Waals surface area contributed by atoms with Gasteiger partial charge in [-0.15, -0.1) is 5.10 Å². The third-order valence-electron chi connectivity index (χ3n) is 3.01. The van der Waals surface area contributed by atoms with Gasteiger partial charge in [0.2, 0.25) is 0 Å². The smallest absolute Gasteiger partial charge is 0.169 e. The average Bonchev–Trinajstić information content (AvgIpc) is 2.45. The Morgan fingerprint density at radius 3 is 2.94 bits per heavy atom. The van der Waals surface area contributed by atoms with E-state index in [1.807, 2.05) is 0 Å². The molecular formula is C12H16N4O2. The van der Waals surface area contributed by atoms with Gasteiger partial charge in [-0.05, 0) is 18.9 Å². The fourth-order valence-corrected chi connectivity index (χ4v) is 2.10. The third-order valence-corrected chi connectivity index (χ3v) is 3.01. The molecule has 1 aromatic rings. The zero-order valence-electron chi connectivity index (χ0n) is 10.1. The van der Waals surface area contributed by atoms with E-state index in [1.165, 1.54) is 6.20 Å². The highest BCUT2D eigenvalue weighted by Crippen LogP contribution is 2.21. The average molecular weight is 248 g/mol. The molecule has 6 heteroatoms. The van der Waals surface area contributed by atoms with Gasteiger partial charge in [0, 0.05) is 13.1 Å². The highest BCUT2D eigenvalue weighted by Gasteiger charge is 2.22. The molecule has 0 saturated carbocycles. The van der Waals surface area contributed by atoms with Gasteiger partial charge in [-0.2, -0.15) is 10.4 Å². The summed E-state index contributed by atoms with van der Waals surface area (Å²) in [6, 6.07) is 3.81. The van der Waals surface area contributed by atoms with Crippen molar-refractivity contribution in [2.75, 3.05) is 31.2 Å². The highest BCUT2D eigenvalue weighted by molar-refractivity contribution is 5.52. The first-order valence-electron chi connectivity index (χ1n) is 6.04. The first-order valence-corrected chi connectivity index (χ1v) is 6.04. The zero-order valence-corrected chi connectivity index (χ0v) is 10.1. The summed E-state index contributed by atoms with van der Waals surface area (Å²) in [7, 11) is 0. The normalized spacial score (nSPS) is 16.6. The highest BCUT2D eigenvalue weighted by atomic mass is 16.5. The molecule has 1 saturated heterocycles. The fourth-order valence-electron chi connectivity index (χ4n) is 2.10. The summed E-state index contributed by atoms with van der Waals surface area (Å²) >= 11 is 0. The molecular weight excluding hydrogens is 232 g/mol. The first kappa shape index (κ1) is 12.7. The zero-order chi connectivity index (χ0) is 12.8. The van der Waals surface area contributed by atoms with Gasteiger partial charge in [-0.3, -0.25) is 0 Å². The molecule has 0 radical (unpaired) electrons. The number of piperidine rings is 1. The minimum atomic E-state index is 0.0585. The van der Waals surface area contributed by atoms with E-state index in [0.717, 1.165) is 25.9 Å². The molecule has 0 aliphatic carbocycles. The second kappa shape index (κ2) is 6.28. The standard InChI is InChI=1S/C12H16N4O2/c13-9-10-1-4-14-15-12(10)16-5-2-11(3-6-16)18-8-7-17/h1,4,11,17H,2-3,5-8H2. The third kappa shape index (κ3) is 2.94. The number of ether oxygens (including phenoxy) is 1. The van der Waals surface area contributed by atoms with Gasteiger partial charge in [-0.25, -0.2) is 0 Å². The van der Waals surface area contributed by atoms with Gasteiger partial charge in [0.15, 0.2) is 5.82 Å². The fraction of sp³-hybridized carbons (Fsp3) is 0.583. The Morgan fingerprint density at radius 2 is 2.28 bits per heavy atom. The predicted octanol–water partition coefficient (Wildman–Crippen LogP) is 0.326. The quantitative estimate of drug-likeness (QED) is 0.826. The summed E-state index contributed by atoms with van der Waals surface area (Å²) in [4.78, 5) is 2.06. The van der Waals surface area contributed by atoms with Crippen molar-refractivity contribution >= 4 is 5.82 Å². The van der Waals surface area contributed by atoms with E-state index in [9.17, 15) is 0 Å². The maximum atomic E-state index is 9.02. The molecule has 18 heavy (non-hydrogen) atoms. The van der Waals surface area contributed by atoms with E-state index in [1.54, 1.807) is 6.07 Å². The lowest BCUT2D eigenvalue weighted by Crippen LogP contribution is -2.38. The number of hydrogen-bond donors (Lipinski definition) is 1. The van der Waals surface area contributed by atoms with Crippen LogP contribution in [0, 0.1) is 11.3 Å². The lowest BCUT2D eigenvalue weighted by molar-refractivity contribution is 0.0158. The number of anilines is 1. The molecule has 0 bridgehead atoms. The Morgan fingerprint density at radius 1 is 1.50 bits per heavy atom. The number of nitriles is 1. The summed E-state index contributed by atoms with van der Waals surface area (Å²) in [5.41, 5.74) is 0.555. The molecule has 0 unspecified atom stereocenters. The van der Waals surface area contributed by atoms with Crippen molar-refractivity contribution in [2.45, 2.75) is 18.9 Å². The SMILES string of the molecule is N#Cc1ccnnc1N1CCC(OCCO)CC1. The molecule has 2 rings (SSSR count). The molecule has 1 aliphatic rings. The largest absolute Gasteiger partial charge is 0.394 e. The maximum Gasteiger partial charge on any atom is 0.169 e. The maximum absolute atomic E-state index is 9.02. The number of aromatic nitrogens is 2. The van der Waals surface area contributed by atoms with Crippen molar-refractivity contribution in [1.29, 1.82) is 5.26 Å². The van der Waals surface area contributed by atoms with Crippen LogP contribution in [0.4, 0.5) is 5.82 Å². The van der Waals surface area contributed by atoms with Crippen molar-refractivity contribution in [2.24, 2.45) is 0 Å². The van der Waals surface area contributed by atoms with Crippen molar-refractivity contribution in [3.8, 4) is 6.07 Å². The molecule has 0 aromatic carbocycles. The lowest BCUT2D eigenvalue weighted by atomic mass is 10.1. The van der Waals surface area contributed by atoms with Crippen molar-refractivity contribution in [1.82, 2.24) is 10.2 Å². The van der Waals surface area contributed by atoms with Gasteiger partial charge in [-0.1, -0.05) is 0 Å². The van der Waals surface area contributed by atoms with Gasteiger partial charge >= 0.3 is 0 Å². The second-order valence-electron chi connectivity index (χ2n) is 4.16. The van der Waals surface area contributed by atoms with Crippen LogP contribution in [0.25, 0.3) is 0 Å². The summed E-state index contributed by atoms with van der Waals surface area (Å²) < 4.78 is 5.50. The van der Waals surface area contributed by atoms with Crippen LogP contribution in [0.5, 0.6) is 0 Å². The van der Waals surface area contributed by atoms with Crippen LogP contribution in [0.2, 0.25) is 0 Å². The van der Waals surface area contributed by atoms with E-state index in [4.69, 9.17) is 15.1 Å². The van der Waals surface area contributed by atoms with E-state index >= 15 is 0 Å². The molecule has 0 spiro atoms. The van der Waals surface area contributed by atoms with Crippen LogP contribution in [-0.2, 0) is 4.74 Å². The summed E-state index contributed by atoms with van der Waals surface area (Å²) in [5, 5.41) is 25.6. The van der Waals surface area contributed by atoms with E-state index < -0.39 is 0 Å². The van der Waals surface area contributed by atoms with Crippen LogP contribution in [0.1, 0.15) is 18.4 Å². The van der Waals surface area contributed by atoms with Crippen LogP contribution in [-0.4, -0.2) is 47.7 Å². The van der Waals surface area contributed by atoms with Gasteiger partial charge in [0.25, 0.3) is 0 Å². The van der Waals surface area contributed by atoms with Crippen LogP contribution < -0.4 is 4.90 Å². The van der Waals surface area contributed by atoms with Crippen LogP contribution >= 0.6 is 0 Å². The number of aliphatic hydroxyl groups excluding tert-OH is 1. The predicted molar refractivity (Wildman–Crippen MR) is 65.0 cm³/mol. The Balaban J connectivity index is 1.95. The second-order valence-corrected chi connectivity index (χ2v) is 4.16. The van der Waals surface area contributed by atoms with Crippen molar-refractivity contribution in [3.63, 3.8) is 0 Å². The van der Waals surface area contributed by atoms with Gasteiger partial charge in [0.1, 0.15) is 6.07 Å². The Labute approximate surface area is 106 Å². The summed E-state index contributed by atoms with van der Waals surface area (Å²) in [6.45, 7) is 2.04. The molecule has 6 nitrogen and oxygen atoms in total. The first-order chi connectivity index (χ1) is 8.85. The number of aliphatic hydroxyl groups is 1. The van der Waals surface area contributed by atoms with E-state index in [2.05, 4.69) is 21.2 Å². The molecule has 0 amide bonds. The van der Waals surface area contributed by atoms with Gasteiger partial charge < -0.3 is 14.7 Å². The van der Waals surface area contributed by atoms with Crippen molar-refractivity contribution < 1.29 is 9.84 Å². The van der Waals surface area contributed by atoms with E-state index in [0.29, 0.717) is 18.0 Å². The Hall–Kier alpha value is -1.71.